The van der Waals surface area contributed by atoms with Crippen LogP contribution in [0.2, 0.25) is 0 Å². The van der Waals surface area contributed by atoms with Crippen LogP contribution in [0, 0.1) is 5.82 Å². The lowest BCUT2D eigenvalue weighted by molar-refractivity contribution is -0.907. The SMILES string of the molecule is C[C@@H](C(=O)Nc1ccc(S(N)(=O)=O)cc1)[NH+](C)Cc1ccc(F)cc1. The fraction of sp³-hybridized carbons (Fsp3) is 0.235. The molecule has 0 aromatic heterocycles. The number of amides is 1. The summed E-state index contributed by atoms with van der Waals surface area (Å²) in [4.78, 5) is 13.3. The van der Waals surface area contributed by atoms with Crippen LogP contribution in [0.1, 0.15) is 12.5 Å². The van der Waals surface area contributed by atoms with Gasteiger partial charge >= 0.3 is 0 Å². The van der Waals surface area contributed by atoms with E-state index in [1.807, 2.05) is 7.05 Å². The molecule has 2 atom stereocenters. The van der Waals surface area contributed by atoms with Gasteiger partial charge in [0.25, 0.3) is 5.91 Å². The van der Waals surface area contributed by atoms with E-state index in [9.17, 15) is 17.6 Å². The largest absolute Gasteiger partial charge is 0.324 e. The van der Waals surface area contributed by atoms with Crippen LogP contribution in [-0.4, -0.2) is 27.4 Å². The second kappa shape index (κ2) is 7.73. The summed E-state index contributed by atoms with van der Waals surface area (Å²) in [6.45, 7) is 2.35. The van der Waals surface area contributed by atoms with Gasteiger partial charge in [0, 0.05) is 11.3 Å². The van der Waals surface area contributed by atoms with Crippen LogP contribution in [0.3, 0.4) is 0 Å². The third-order valence-corrected chi connectivity index (χ3v) is 4.91. The zero-order chi connectivity index (χ0) is 18.6. The summed E-state index contributed by atoms with van der Waals surface area (Å²) in [5, 5.41) is 7.78. The van der Waals surface area contributed by atoms with E-state index in [-0.39, 0.29) is 22.7 Å². The topological polar surface area (TPSA) is 93.7 Å². The summed E-state index contributed by atoms with van der Waals surface area (Å²) >= 11 is 0. The average Bonchev–Trinajstić information content (AvgIpc) is 2.55. The summed E-state index contributed by atoms with van der Waals surface area (Å²) in [6.07, 6.45) is 0. The Balaban J connectivity index is 1.98. The first-order chi connectivity index (χ1) is 11.7. The second-order valence-corrected chi connectivity index (χ2v) is 7.49. The monoisotopic (exact) mass is 366 g/mol. The van der Waals surface area contributed by atoms with Gasteiger partial charge < -0.3 is 10.2 Å². The van der Waals surface area contributed by atoms with Gasteiger partial charge in [-0.3, -0.25) is 4.79 Å². The number of carbonyl (C=O) groups excluding carboxylic acids is 1. The van der Waals surface area contributed by atoms with E-state index in [0.717, 1.165) is 10.5 Å². The van der Waals surface area contributed by atoms with Gasteiger partial charge in [-0.25, -0.2) is 17.9 Å². The highest BCUT2D eigenvalue weighted by Crippen LogP contribution is 2.12. The molecule has 6 nitrogen and oxygen atoms in total. The highest BCUT2D eigenvalue weighted by molar-refractivity contribution is 7.89. The Morgan fingerprint density at radius 1 is 1.16 bits per heavy atom. The van der Waals surface area contributed by atoms with Gasteiger partial charge in [0.1, 0.15) is 12.4 Å². The van der Waals surface area contributed by atoms with Gasteiger partial charge in [-0.2, -0.15) is 0 Å². The average molecular weight is 366 g/mol. The molecule has 0 saturated heterocycles. The van der Waals surface area contributed by atoms with Crippen molar-refractivity contribution < 1.29 is 22.5 Å². The molecule has 0 aliphatic carbocycles. The van der Waals surface area contributed by atoms with Crippen molar-refractivity contribution in [3.8, 4) is 0 Å². The van der Waals surface area contributed by atoms with Crippen LogP contribution in [0.5, 0.6) is 0 Å². The summed E-state index contributed by atoms with van der Waals surface area (Å²) < 4.78 is 35.4. The normalized spacial score (nSPS) is 13.9. The van der Waals surface area contributed by atoms with E-state index < -0.39 is 10.0 Å². The number of likely N-dealkylation sites (N-methyl/N-ethyl adjacent to an activating group) is 1. The van der Waals surface area contributed by atoms with E-state index in [0.29, 0.717) is 12.2 Å². The number of anilines is 1. The summed E-state index contributed by atoms with van der Waals surface area (Å²) in [7, 11) is -1.89. The number of nitrogens with two attached hydrogens (primary N) is 1. The summed E-state index contributed by atoms with van der Waals surface area (Å²) in [5.41, 5.74) is 1.41. The predicted octanol–water partition coefficient (Wildman–Crippen LogP) is 0.515. The number of quaternary nitrogens is 1. The number of benzene rings is 2. The van der Waals surface area contributed by atoms with Gasteiger partial charge in [-0.05, 0) is 43.3 Å². The first-order valence-electron chi connectivity index (χ1n) is 7.67. The second-order valence-electron chi connectivity index (χ2n) is 5.93. The lowest BCUT2D eigenvalue weighted by Crippen LogP contribution is -3.12. The molecule has 0 aliphatic rings. The molecule has 0 heterocycles. The third-order valence-electron chi connectivity index (χ3n) is 3.98. The smallest absolute Gasteiger partial charge is 0.282 e. The molecule has 0 fully saturated rings. The molecule has 25 heavy (non-hydrogen) atoms. The molecule has 2 aromatic carbocycles. The van der Waals surface area contributed by atoms with Crippen molar-refractivity contribution in [2.45, 2.75) is 24.4 Å². The molecule has 4 N–H and O–H groups in total. The number of halogens is 1. The quantitative estimate of drug-likeness (QED) is 0.696. The van der Waals surface area contributed by atoms with Gasteiger partial charge in [-0.15, -0.1) is 0 Å². The molecular weight excluding hydrogens is 345 g/mol. The number of rotatable bonds is 6. The number of nitrogens with one attached hydrogen (secondary N) is 2. The molecule has 0 radical (unpaired) electrons. The molecule has 1 amide bonds. The molecular formula is C17H21FN3O3S+. The fourth-order valence-corrected chi connectivity index (χ4v) is 2.80. The highest BCUT2D eigenvalue weighted by Gasteiger charge is 2.22. The fourth-order valence-electron chi connectivity index (χ4n) is 2.28. The number of sulfonamides is 1. The third kappa shape index (κ3) is 5.35. The van der Waals surface area contributed by atoms with Crippen molar-refractivity contribution >= 4 is 21.6 Å². The molecule has 2 rings (SSSR count). The van der Waals surface area contributed by atoms with E-state index in [1.54, 1.807) is 19.1 Å². The van der Waals surface area contributed by atoms with Crippen molar-refractivity contribution in [3.63, 3.8) is 0 Å². The molecule has 0 spiro atoms. The maximum Gasteiger partial charge on any atom is 0.282 e. The minimum absolute atomic E-state index is 0.0161. The molecule has 134 valence electrons. The van der Waals surface area contributed by atoms with Crippen molar-refractivity contribution in [2.75, 3.05) is 12.4 Å². The Labute approximate surface area is 146 Å². The molecule has 2 aromatic rings. The Bertz CT molecular complexity index is 836. The molecule has 0 aliphatic heterocycles. The van der Waals surface area contributed by atoms with Crippen molar-refractivity contribution in [1.29, 1.82) is 0 Å². The van der Waals surface area contributed by atoms with Crippen molar-refractivity contribution in [2.24, 2.45) is 5.14 Å². The van der Waals surface area contributed by atoms with Gasteiger partial charge in [0.15, 0.2) is 6.04 Å². The zero-order valence-electron chi connectivity index (χ0n) is 14.0. The Morgan fingerprint density at radius 3 is 2.24 bits per heavy atom. The molecule has 0 bridgehead atoms. The first kappa shape index (κ1) is 19.0. The molecule has 1 unspecified atom stereocenters. The Kier molecular flexibility index (Phi) is 5.89. The van der Waals surface area contributed by atoms with Gasteiger partial charge in [0.2, 0.25) is 10.0 Å². The van der Waals surface area contributed by atoms with Crippen LogP contribution < -0.4 is 15.4 Å². The van der Waals surface area contributed by atoms with E-state index in [1.165, 1.54) is 36.4 Å². The number of primary sulfonamides is 1. The van der Waals surface area contributed by atoms with Crippen molar-refractivity contribution in [1.82, 2.24) is 0 Å². The first-order valence-corrected chi connectivity index (χ1v) is 9.22. The summed E-state index contributed by atoms with van der Waals surface area (Å²) in [6, 6.07) is 11.4. The lowest BCUT2D eigenvalue weighted by Gasteiger charge is -2.21. The van der Waals surface area contributed by atoms with E-state index in [4.69, 9.17) is 5.14 Å². The maximum atomic E-state index is 12.9. The lowest BCUT2D eigenvalue weighted by atomic mass is 10.2. The summed E-state index contributed by atoms with van der Waals surface area (Å²) in [5.74, 6) is -0.502. The van der Waals surface area contributed by atoms with Crippen LogP contribution in [-0.2, 0) is 21.4 Å². The van der Waals surface area contributed by atoms with Gasteiger partial charge in [0.05, 0.1) is 11.9 Å². The van der Waals surface area contributed by atoms with Crippen LogP contribution in [0.25, 0.3) is 0 Å². The number of hydrogen-bond acceptors (Lipinski definition) is 3. The van der Waals surface area contributed by atoms with Crippen LogP contribution in [0.4, 0.5) is 10.1 Å². The van der Waals surface area contributed by atoms with E-state index >= 15 is 0 Å². The molecule has 0 saturated carbocycles. The van der Waals surface area contributed by atoms with Crippen molar-refractivity contribution in [3.05, 3.63) is 59.9 Å². The minimum atomic E-state index is -3.76. The van der Waals surface area contributed by atoms with Gasteiger partial charge in [-0.1, -0.05) is 12.1 Å². The van der Waals surface area contributed by atoms with Crippen LogP contribution >= 0.6 is 0 Å². The zero-order valence-corrected chi connectivity index (χ0v) is 14.8. The number of hydrogen-bond donors (Lipinski definition) is 3. The Morgan fingerprint density at radius 2 is 1.72 bits per heavy atom. The predicted molar refractivity (Wildman–Crippen MR) is 92.9 cm³/mol. The van der Waals surface area contributed by atoms with E-state index in [2.05, 4.69) is 5.32 Å². The molecule has 8 heteroatoms. The minimum Gasteiger partial charge on any atom is -0.324 e. The maximum absolute atomic E-state index is 12.9. The standard InChI is InChI=1S/C17H20FN3O3S/c1-12(21(2)11-13-3-5-14(18)6-4-13)17(22)20-15-7-9-16(10-8-15)25(19,23)24/h3-10,12H,11H2,1-2H3,(H,20,22)(H2,19,23,24)/p+1/t12-/m0/s1. The highest BCUT2D eigenvalue weighted by atomic mass is 32.2. The number of carbonyl (C=O) groups is 1. The Hall–Kier alpha value is -2.29. The van der Waals surface area contributed by atoms with Crippen LogP contribution in [0.15, 0.2) is 53.4 Å².